The highest BCUT2D eigenvalue weighted by Crippen LogP contribution is 2.24. The molecule has 1 fully saturated rings. The zero-order valence-electron chi connectivity index (χ0n) is 14.8. The van der Waals surface area contributed by atoms with Gasteiger partial charge in [0.15, 0.2) is 0 Å². The van der Waals surface area contributed by atoms with Gasteiger partial charge in [-0.3, -0.25) is 4.79 Å². The molecular formula is C20H21N3O3S. The smallest absolute Gasteiger partial charge is 0.255 e. The van der Waals surface area contributed by atoms with E-state index in [1.54, 1.807) is 18.2 Å². The number of hydrogen-bond acceptors (Lipinski definition) is 3. The van der Waals surface area contributed by atoms with E-state index >= 15 is 0 Å². The minimum Gasteiger partial charge on any atom is -0.361 e. The summed E-state index contributed by atoms with van der Waals surface area (Å²) < 4.78 is 27.2. The van der Waals surface area contributed by atoms with E-state index in [1.165, 1.54) is 10.4 Å². The summed E-state index contributed by atoms with van der Waals surface area (Å²) in [4.78, 5) is 16.0. The van der Waals surface area contributed by atoms with Gasteiger partial charge in [0.2, 0.25) is 10.0 Å². The van der Waals surface area contributed by atoms with Crippen molar-refractivity contribution in [1.29, 1.82) is 0 Å². The van der Waals surface area contributed by atoms with Crippen LogP contribution in [0.1, 0.15) is 29.6 Å². The predicted octanol–water partition coefficient (Wildman–Crippen LogP) is 3.59. The fourth-order valence-electron chi connectivity index (χ4n) is 3.44. The van der Waals surface area contributed by atoms with Crippen molar-refractivity contribution in [2.45, 2.75) is 24.2 Å². The summed E-state index contributed by atoms with van der Waals surface area (Å²) in [6.07, 6.45) is 4.62. The molecule has 7 heteroatoms. The van der Waals surface area contributed by atoms with E-state index in [0.29, 0.717) is 24.3 Å². The molecule has 2 heterocycles. The molecule has 2 aromatic carbocycles. The molecule has 4 rings (SSSR count). The third kappa shape index (κ3) is 3.48. The second-order valence-corrected chi connectivity index (χ2v) is 8.63. The van der Waals surface area contributed by atoms with Crippen LogP contribution in [0.2, 0.25) is 0 Å². The second kappa shape index (κ2) is 7.17. The number of sulfonamides is 1. The van der Waals surface area contributed by atoms with E-state index in [2.05, 4.69) is 10.3 Å². The standard InChI is InChI=1S/C20H21N3O3S/c24-20(22-19-9-5-8-18-17(19)10-11-21-18)15-6-4-7-16(14-15)27(25,26)23-12-2-1-3-13-23/h4-11,14,21H,1-3,12-13H2,(H,22,24). The molecule has 2 N–H and O–H groups in total. The molecule has 0 aliphatic carbocycles. The first-order valence-electron chi connectivity index (χ1n) is 9.03. The minimum atomic E-state index is -3.57. The van der Waals surface area contributed by atoms with Crippen LogP contribution < -0.4 is 5.32 Å². The van der Waals surface area contributed by atoms with Gasteiger partial charge < -0.3 is 10.3 Å². The van der Waals surface area contributed by atoms with E-state index < -0.39 is 10.0 Å². The lowest BCUT2D eigenvalue weighted by molar-refractivity contribution is 0.102. The van der Waals surface area contributed by atoms with Crippen molar-refractivity contribution < 1.29 is 13.2 Å². The zero-order valence-corrected chi connectivity index (χ0v) is 15.6. The van der Waals surface area contributed by atoms with Crippen LogP contribution in [0.25, 0.3) is 10.9 Å². The molecule has 1 saturated heterocycles. The summed E-state index contributed by atoms with van der Waals surface area (Å²) in [6.45, 7) is 1.07. The van der Waals surface area contributed by atoms with E-state index in [4.69, 9.17) is 0 Å². The Bertz CT molecular complexity index is 1080. The van der Waals surface area contributed by atoms with Gasteiger partial charge in [0, 0.05) is 35.8 Å². The second-order valence-electron chi connectivity index (χ2n) is 6.69. The third-order valence-electron chi connectivity index (χ3n) is 4.89. The van der Waals surface area contributed by atoms with Gasteiger partial charge in [-0.25, -0.2) is 8.42 Å². The van der Waals surface area contributed by atoms with E-state index in [1.807, 2.05) is 30.5 Å². The molecule has 1 aliphatic rings. The van der Waals surface area contributed by atoms with Crippen molar-refractivity contribution in [3.05, 3.63) is 60.3 Å². The SMILES string of the molecule is O=C(Nc1cccc2[nH]ccc12)c1cccc(S(=O)(=O)N2CCCCC2)c1. The highest BCUT2D eigenvalue weighted by Gasteiger charge is 2.26. The van der Waals surface area contributed by atoms with Crippen LogP contribution in [0, 0.1) is 0 Å². The first kappa shape index (κ1) is 17.8. The molecule has 140 valence electrons. The molecule has 0 spiro atoms. The molecule has 0 saturated carbocycles. The summed E-state index contributed by atoms with van der Waals surface area (Å²) >= 11 is 0. The summed E-state index contributed by atoms with van der Waals surface area (Å²) in [5.41, 5.74) is 1.93. The fourth-order valence-corrected chi connectivity index (χ4v) is 5.00. The molecule has 1 aromatic heterocycles. The Morgan fingerprint density at radius 1 is 1.00 bits per heavy atom. The van der Waals surface area contributed by atoms with Gasteiger partial charge in [0.05, 0.1) is 10.6 Å². The third-order valence-corrected chi connectivity index (χ3v) is 6.79. The number of benzene rings is 2. The average molecular weight is 383 g/mol. The van der Waals surface area contributed by atoms with Gasteiger partial charge in [-0.1, -0.05) is 18.6 Å². The number of amides is 1. The van der Waals surface area contributed by atoms with Crippen molar-refractivity contribution in [2.24, 2.45) is 0 Å². The Morgan fingerprint density at radius 2 is 1.78 bits per heavy atom. The lowest BCUT2D eigenvalue weighted by Crippen LogP contribution is -2.35. The van der Waals surface area contributed by atoms with Crippen molar-refractivity contribution >= 4 is 32.5 Å². The van der Waals surface area contributed by atoms with Crippen molar-refractivity contribution in [2.75, 3.05) is 18.4 Å². The molecule has 3 aromatic rings. The lowest BCUT2D eigenvalue weighted by Gasteiger charge is -2.26. The number of carbonyl (C=O) groups excluding carboxylic acids is 1. The number of nitrogens with zero attached hydrogens (tertiary/aromatic N) is 1. The fraction of sp³-hybridized carbons (Fsp3) is 0.250. The number of aromatic amines is 1. The maximum absolute atomic E-state index is 12.9. The summed E-state index contributed by atoms with van der Waals surface area (Å²) in [6, 6.07) is 13.7. The highest BCUT2D eigenvalue weighted by atomic mass is 32.2. The van der Waals surface area contributed by atoms with Crippen LogP contribution in [0.15, 0.2) is 59.6 Å². The summed E-state index contributed by atoms with van der Waals surface area (Å²) in [5, 5.41) is 3.78. The van der Waals surface area contributed by atoms with E-state index in [-0.39, 0.29) is 10.8 Å². The van der Waals surface area contributed by atoms with E-state index in [0.717, 1.165) is 30.2 Å². The number of nitrogens with one attached hydrogen (secondary N) is 2. The predicted molar refractivity (Wildman–Crippen MR) is 105 cm³/mol. The van der Waals surface area contributed by atoms with Gasteiger partial charge in [-0.2, -0.15) is 4.31 Å². The van der Waals surface area contributed by atoms with Crippen molar-refractivity contribution in [1.82, 2.24) is 9.29 Å². The zero-order chi connectivity index (χ0) is 18.9. The van der Waals surface area contributed by atoms with Gasteiger partial charge in [0.1, 0.15) is 0 Å². The first-order chi connectivity index (χ1) is 13.1. The summed E-state index contributed by atoms with van der Waals surface area (Å²) in [5.74, 6) is -0.334. The monoisotopic (exact) mass is 383 g/mol. The molecule has 1 amide bonds. The van der Waals surface area contributed by atoms with Crippen LogP contribution in [0.5, 0.6) is 0 Å². The Kier molecular flexibility index (Phi) is 4.72. The number of hydrogen-bond donors (Lipinski definition) is 2. The number of aromatic nitrogens is 1. The Morgan fingerprint density at radius 3 is 2.59 bits per heavy atom. The highest BCUT2D eigenvalue weighted by molar-refractivity contribution is 7.89. The van der Waals surface area contributed by atoms with Crippen LogP contribution in [-0.2, 0) is 10.0 Å². The maximum Gasteiger partial charge on any atom is 0.255 e. The normalized spacial score (nSPS) is 15.7. The van der Waals surface area contributed by atoms with Crippen molar-refractivity contribution in [3.63, 3.8) is 0 Å². The van der Waals surface area contributed by atoms with Gasteiger partial charge in [0.25, 0.3) is 5.91 Å². The molecule has 1 aliphatic heterocycles. The quantitative estimate of drug-likeness (QED) is 0.722. The molecule has 0 unspecified atom stereocenters. The van der Waals surface area contributed by atoms with Crippen LogP contribution in [-0.4, -0.2) is 36.7 Å². The Hall–Kier alpha value is -2.64. The van der Waals surface area contributed by atoms with Crippen LogP contribution >= 0.6 is 0 Å². The summed E-state index contributed by atoms with van der Waals surface area (Å²) in [7, 11) is -3.57. The largest absolute Gasteiger partial charge is 0.361 e. The average Bonchev–Trinajstić information content (AvgIpc) is 3.19. The molecule has 27 heavy (non-hydrogen) atoms. The van der Waals surface area contributed by atoms with Gasteiger partial charge in [-0.05, 0) is 49.2 Å². The van der Waals surface area contributed by atoms with Crippen LogP contribution in [0.3, 0.4) is 0 Å². The van der Waals surface area contributed by atoms with E-state index in [9.17, 15) is 13.2 Å². The number of anilines is 1. The maximum atomic E-state index is 12.9. The van der Waals surface area contributed by atoms with Gasteiger partial charge in [-0.15, -0.1) is 0 Å². The molecule has 0 atom stereocenters. The molecule has 6 nitrogen and oxygen atoms in total. The molecular weight excluding hydrogens is 362 g/mol. The number of piperidine rings is 1. The topological polar surface area (TPSA) is 82.3 Å². The number of fused-ring (bicyclic) bond motifs is 1. The number of rotatable bonds is 4. The first-order valence-corrected chi connectivity index (χ1v) is 10.5. The van der Waals surface area contributed by atoms with Crippen molar-refractivity contribution in [3.8, 4) is 0 Å². The molecule has 0 bridgehead atoms. The number of H-pyrrole nitrogens is 1. The Labute approximate surface area is 158 Å². The van der Waals surface area contributed by atoms with Crippen LogP contribution in [0.4, 0.5) is 5.69 Å². The number of carbonyl (C=O) groups is 1. The molecule has 0 radical (unpaired) electrons. The Balaban J connectivity index is 1.60. The van der Waals surface area contributed by atoms with Gasteiger partial charge >= 0.3 is 0 Å². The lowest BCUT2D eigenvalue weighted by atomic mass is 10.2. The minimum absolute atomic E-state index is 0.164.